The normalized spacial score (nSPS) is 23.1. The summed E-state index contributed by atoms with van der Waals surface area (Å²) in [6.45, 7) is 1.15. The van der Waals surface area contributed by atoms with Gasteiger partial charge in [-0.1, -0.05) is 0 Å². The van der Waals surface area contributed by atoms with Gasteiger partial charge < -0.3 is 14.9 Å². The second-order valence-corrected chi connectivity index (χ2v) is 6.07. The molecule has 1 amide bonds. The number of β-amino-alcohol motifs (C(OH)–C–C–N with tert-alkyl or cyclic N) is 1. The number of nitrogens with zero attached hydrogens (tertiary/aromatic N) is 3. The molecule has 6 heteroatoms. The summed E-state index contributed by atoms with van der Waals surface area (Å²) in [6, 6.07) is 1.81. The lowest BCUT2D eigenvalue weighted by molar-refractivity contribution is 0.0698. The molecule has 1 aliphatic rings. The molecule has 19 heavy (non-hydrogen) atoms. The fourth-order valence-corrected chi connectivity index (χ4v) is 2.79. The molecule has 1 fully saturated rings. The number of carbonyl (C=O) groups is 1. The predicted molar refractivity (Wildman–Crippen MR) is 75.9 cm³/mol. The van der Waals surface area contributed by atoms with E-state index in [1.165, 1.54) is 0 Å². The van der Waals surface area contributed by atoms with Gasteiger partial charge in [0.05, 0.1) is 11.7 Å². The number of pyridine rings is 1. The summed E-state index contributed by atoms with van der Waals surface area (Å²) in [5.74, 6) is -0.0720. The van der Waals surface area contributed by atoms with Gasteiger partial charge in [0.25, 0.3) is 5.91 Å². The van der Waals surface area contributed by atoms with E-state index < -0.39 is 6.10 Å². The van der Waals surface area contributed by atoms with E-state index >= 15 is 0 Å². The Morgan fingerprint density at radius 1 is 1.58 bits per heavy atom. The molecule has 0 radical (unpaired) electrons. The van der Waals surface area contributed by atoms with Crippen LogP contribution in [0.5, 0.6) is 0 Å². The molecule has 0 saturated carbocycles. The quantitative estimate of drug-likeness (QED) is 0.899. The zero-order valence-corrected chi connectivity index (χ0v) is 12.7. The highest BCUT2D eigenvalue weighted by molar-refractivity contribution is 9.10. The molecule has 5 nitrogen and oxygen atoms in total. The van der Waals surface area contributed by atoms with Gasteiger partial charge in [0.1, 0.15) is 0 Å². The average Bonchev–Trinajstić information content (AvgIpc) is 2.68. The lowest BCUT2D eigenvalue weighted by Gasteiger charge is -2.26. The van der Waals surface area contributed by atoms with Crippen molar-refractivity contribution >= 4 is 21.8 Å². The first kappa shape index (κ1) is 14.4. The largest absolute Gasteiger partial charge is 0.391 e. The van der Waals surface area contributed by atoms with E-state index in [9.17, 15) is 9.90 Å². The fraction of sp³-hybridized carbons (Fsp3) is 0.538. The third-order valence-electron chi connectivity index (χ3n) is 3.18. The van der Waals surface area contributed by atoms with Crippen molar-refractivity contribution in [1.82, 2.24) is 14.8 Å². The summed E-state index contributed by atoms with van der Waals surface area (Å²) in [6.07, 6.45) is 3.40. The Labute approximate surface area is 121 Å². The number of hydrogen-bond acceptors (Lipinski definition) is 4. The van der Waals surface area contributed by atoms with E-state index in [0.717, 1.165) is 11.0 Å². The van der Waals surface area contributed by atoms with Crippen molar-refractivity contribution < 1.29 is 9.90 Å². The van der Waals surface area contributed by atoms with Gasteiger partial charge in [0.15, 0.2) is 0 Å². The lowest BCUT2D eigenvalue weighted by Crippen LogP contribution is -2.41. The number of aromatic nitrogens is 1. The highest BCUT2D eigenvalue weighted by Gasteiger charge is 2.34. The molecule has 0 bridgehead atoms. The zero-order chi connectivity index (χ0) is 14.0. The molecule has 0 aromatic carbocycles. The topological polar surface area (TPSA) is 56.7 Å². The summed E-state index contributed by atoms with van der Waals surface area (Å²) in [5.41, 5.74) is 0.548. The SMILES string of the molecule is CN(C)CC1CC(O)CN1C(=O)c1cncc(Br)c1. The maximum atomic E-state index is 12.5. The van der Waals surface area contributed by atoms with E-state index in [4.69, 9.17) is 0 Å². The van der Waals surface area contributed by atoms with Crippen LogP contribution in [-0.4, -0.2) is 65.1 Å². The Balaban J connectivity index is 2.17. The van der Waals surface area contributed by atoms with Crippen molar-refractivity contribution in [1.29, 1.82) is 0 Å². The monoisotopic (exact) mass is 327 g/mol. The summed E-state index contributed by atoms with van der Waals surface area (Å²) in [5, 5.41) is 9.80. The van der Waals surface area contributed by atoms with Gasteiger partial charge in [-0.15, -0.1) is 0 Å². The van der Waals surface area contributed by atoms with E-state index in [0.29, 0.717) is 18.5 Å². The van der Waals surface area contributed by atoms with E-state index in [1.807, 2.05) is 19.0 Å². The third-order valence-corrected chi connectivity index (χ3v) is 3.61. The number of likely N-dealkylation sites (N-methyl/N-ethyl adjacent to an activating group) is 1. The molecule has 1 N–H and O–H groups in total. The maximum Gasteiger partial charge on any atom is 0.255 e. The van der Waals surface area contributed by atoms with Crippen LogP contribution in [0.4, 0.5) is 0 Å². The van der Waals surface area contributed by atoms with E-state index in [1.54, 1.807) is 23.4 Å². The molecule has 1 aromatic rings. The molecule has 1 aliphatic heterocycles. The fourth-order valence-electron chi connectivity index (χ4n) is 2.43. The number of aliphatic hydroxyl groups excluding tert-OH is 1. The van der Waals surface area contributed by atoms with Crippen LogP contribution in [-0.2, 0) is 0 Å². The highest BCUT2D eigenvalue weighted by atomic mass is 79.9. The maximum absolute atomic E-state index is 12.5. The molecule has 0 spiro atoms. The van der Waals surface area contributed by atoms with Gasteiger partial charge in [0, 0.05) is 36.0 Å². The molecular weight excluding hydrogens is 310 g/mol. The van der Waals surface area contributed by atoms with Crippen molar-refractivity contribution in [3.63, 3.8) is 0 Å². The summed E-state index contributed by atoms with van der Waals surface area (Å²) < 4.78 is 0.780. The standard InChI is InChI=1S/C13H18BrN3O2/c1-16(2)7-11-4-12(18)8-17(11)13(19)9-3-10(14)6-15-5-9/h3,5-6,11-12,18H,4,7-8H2,1-2H3. The van der Waals surface area contributed by atoms with Crippen LogP contribution in [0.25, 0.3) is 0 Å². The highest BCUT2D eigenvalue weighted by Crippen LogP contribution is 2.22. The Morgan fingerprint density at radius 3 is 2.95 bits per heavy atom. The second-order valence-electron chi connectivity index (χ2n) is 5.15. The third kappa shape index (κ3) is 3.52. The Morgan fingerprint density at radius 2 is 2.32 bits per heavy atom. The number of carbonyl (C=O) groups excluding carboxylic acids is 1. The van der Waals surface area contributed by atoms with Crippen molar-refractivity contribution in [2.24, 2.45) is 0 Å². The van der Waals surface area contributed by atoms with Crippen molar-refractivity contribution in [3.8, 4) is 0 Å². The van der Waals surface area contributed by atoms with Crippen molar-refractivity contribution in [2.45, 2.75) is 18.6 Å². The minimum Gasteiger partial charge on any atom is -0.391 e. The Bertz CT molecular complexity index is 467. The summed E-state index contributed by atoms with van der Waals surface area (Å²) >= 11 is 3.32. The number of hydrogen-bond donors (Lipinski definition) is 1. The summed E-state index contributed by atoms with van der Waals surface area (Å²) in [7, 11) is 3.93. The van der Waals surface area contributed by atoms with Gasteiger partial charge in [-0.2, -0.15) is 0 Å². The Hall–Kier alpha value is -0.980. The first-order valence-corrected chi connectivity index (χ1v) is 7.01. The molecule has 1 saturated heterocycles. The molecule has 2 rings (SSSR count). The van der Waals surface area contributed by atoms with Gasteiger partial charge in [0.2, 0.25) is 0 Å². The molecule has 2 heterocycles. The van der Waals surface area contributed by atoms with Crippen LogP contribution in [0.3, 0.4) is 0 Å². The number of amides is 1. The lowest BCUT2D eigenvalue weighted by atomic mass is 10.2. The second kappa shape index (κ2) is 5.98. The van der Waals surface area contributed by atoms with E-state index in [-0.39, 0.29) is 11.9 Å². The minimum absolute atomic E-state index is 0.0523. The molecule has 2 unspecified atom stereocenters. The minimum atomic E-state index is -0.436. The number of likely N-dealkylation sites (tertiary alicyclic amines) is 1. The van der Waals surface area contributed by atoms with Crippen LogP contribution in [0, 0.1) is 0 Å². The van der Waals surface area contributed by atoms with Crippen molar-refractivity contribution in [2.75, 3.05) is 27.2 Å². The average molecular weight is 328 g/mol. The van der Waals surface area contributed by atoms with Crippen molar-refractivity contribution in [3.05, 3.63) is 28.5 Å². The smallest absolute Gasteiger partial charge is 0.255 e. The Kier molecular flexibility index (Phi) is 4.54. The predicted octanol–water partition coefficient (Wildman–Crippen LogP) is 0.981. The van der Waals surface area contributed by atoms with Gasteiger partial charge in [-0.05, 0) is 42.5 Å². The summed E-state index contributed by atoms with van der Waals surface area (Å²) in [4.78, 5) is 20.3. The van der Waals surface area contributed by atoms with Crippen LogP contribution in [0.15, 0.2) is 22.9 Å². The van der Waals surface area contributed by atoms with Crippen LogP contribution < -0.4 is 0 Å². The van der Waals surface area contributed by atoms with Crippen LogP contribution in [0.1, 0.15) is 16.8 Å². The molecule has 1 aromatic heterocycles. The number of halogens is 1. The first-order valence-electron chi connectivity index (χ1n) is 6.21. The van der Waals surface area contributed by atoms with Gasteiger partial charge in [-0.3, -0.25) is 9.78 Å². The van der Waals surface area contributed by atoms with Gasteiger partial charge >= 0.3 is 0 Å². The van der Waals surface area contributed by atoms with Gasteiger partial charge in [-0.25, -0.2) is 0 Å². The number of rotatable bonds is 3. The first-order chi connectivity index (χ1) is 8.97. The van der Waals surface area contributed by atoms with Crippen LogP contribution in [0.2, 0.25) is 0 Å². The van der Waals surface area contributed by atoms with Crippen LogP contribution >= 0.6 is 15.9 Å². The molecule has 0 aliphatic carbocycles. The number of aliphatic hydroxyl groups is 1. The molecule has 2 atom stereocenters. The molecular formula is C13H18BrN3O2. The van der Waals surface area contributed by atoms with E-state index in [2.05, 4.69) is 20.9 Å². The zero-order valence-electron chi connectivity index (χ0n) is 11.1. The molecule has 104 valence electrons.